The molecular formula is C16H25BrN4O3. The molecule has 1 aromatic heterocycles. The first-order valence-electron chi connectivity index (χ1n) is 7.11. The van der Waals surface area contributed by atoms with Crippen LogP contribution in [0.5, 0.6) is 0 Å². The Morgan fingerprint density at radius 2 is 1.71 bits per heavy atom. The van der Waals surface area contributed by atoms with Crippen LogP contribution in [0.25, 0.3) is 0 Å². The molecule has 0 aromatic carbocycles. The van der Waals surface area contributed by atoms with Gasteiger partial charge < -0.3 is 10.2 Å². The van der Waals surface area contributed by atoms with Gasteiger partial charge in [-0.2, -0.15) is 0 Å². The number of aromatic nitrogens is 2. The number of carbonyl (C=O) groups is 1. The molecule has 2 rings (SSSR count). The minimum Gasteiger partial charge on any atom is -0.331 e. The molecule has 0 bridgehead atoms. The number of nitrogens with one attached hydrogen (secondary N) is 2. The fraction of sp³-hybridized carbons (Fsp3) is 0.438. The summed E-state index contributed by atoms with van der Waals surface area (Å²) in [7, 11) is 0. The van der Waals surface area contributed by atoms with Crippen LogP contribution in [0.4, 0.5) is 0 Å². The molecule has 1 aliphatic rings. The minimum absolute atomic E-state index is 0. The highest BCUT2D eigenvalue weighted by Crippen LogP contribution is 2.17. The number of hydrogen-bond acceptors (Lipinski definition) is 4. The Morgan fingerprint density at radius 3 is 2.17 bits per heavy atom. The highest BCUT2D eigenvalue weighted by atomic mass is 79.9. The number of amides is 1. The first kappa shape index (κ1) is 21.9. The maximum absolute atomic E-state index is 11.1. The summed E-state index contributed by atoms with van der Waals surface area (Å²) >= 11 is 3.16. The third kappa shape index (κ3) is 5.84. The van der Waals surface area contributed by atoms with Crippen molar-refractivity contribution in [3.63, 3.8) is 0 Å². The standard InChI is InChI=1S/C8H11BrN2O.C7H10N2O2.CH4/c1-5(2)11-4-7(9)8(12)10-6(11)3;1-5(2)9-4-3-6(10)8-7(9)11;/h4-5H,3H2,1-2H3,(H,10,12);3-5H,1-2H3,(H,8,10,11);1H4. The van der Waals surface area contributed by atoms with Crippen LogP contribution in [0.15, 0.2) is 44.9 Å². The van der Waals surface area contributed by atoms with E-state index in [2.05, 4.69) is 32.8 Å². The van der Waals surface area contributed by atoms with E-state index in [4.69, 9.17) is 0 Å². The van der Waals surface area contributed by atoms with Gasteiger partial charge >= 0.3 is 5.69 Å². The molecule has 0 unspecified atom stereocenters. The second kappa shape index (κ2) is 9.27. The van der Waals surface area contributed by atoms with Gasteiger partial charge in [-0.3, -0.25) is 19.1 Å². The van der Waals surface area contributed by atoms with Crippen molar-refractivity contribution in [2.45, 2.75) is 47.2 Å². The predicted molar refractivity (Wildman–Crippen MR) is 99.7 cm³/mol. The Hall–Kier alpha value is -2.09. The fourth-order valence-electron chi connectivity index (χ4n) is 1.81. The largest absolute Gasteiger partial charge is 0.331 e. The Morgan fingerprint density at radius 1 is 1.12 bits per heavy atom. The topological polar surface area (TPSA) is 87.2 Å². The number of aromatic amines is 1. The Kier molecular flexibility index (Phi) is 8.46. The third-order valence-corrected chi connectivity index (χ3v) is 3.57. The van der Waals surface area contributed by atoms with E-state index in [0.29, 0.717) is 16.3 Å². The van der Waals surface area contributed by atoms with Crippen LogP contribution in [-0.2, 0) is 4.79 Å². The molecular weight excluding hydrogens is 376 g/mol. The molecule has 8 heteroatoms. The average molecular weight is 401 g/mol. The lowest BCUT2D eigenvalue weighted by atomic mass is 10.3. The van der Waals surface area contributed by atoms with Crippen LogP contribution in [0.1, 0.15) is 41.2 Å². The smallest absolute Gasteiger partial charge is 0.328 e. The normalized spacial score (nSPS) is 13.8. The number of halogens is 1. The number of nitrogens with zero attached hydrogens (tertiary/aromatic N) is 2. The molecule has 0 saturated carbocycles. The van der Waals surface area contributed by atoms with Crippen LogP contribution >= 0.6 is 15.9 Å². The number of carbonyl (C=O) groups excluding carboxylic acids is 1. The highest BCUT2D eigenvalue weighted by Gasteiger charge is 2.20. The summed E-state index contributed by atoms with van der Waals surface area (Å²) in [6.45, 7) is 11.5. The van der Waals surface area contributed by atoms with Crippen molar-refractivity contribution in [3.8, 4) is 0 Å². The lowest BCUT2D eigenvalue weighted by Gasteiger charge is -2.30. The summed E-state index contributed by atoms with van der Waals surface area (Å²) in [5, 5.41) is 2.64. The van der Waals surface area contributed by atoms with Crippen LogP contribution in [0, 0.1) is 0 Å². The summed E-state index contributed by atoms with van der Waals surface area (Å²) in [4.78, 5) is 36.7. The van der Waals surface area contributed by atoms with Gasteiger partial charge in [0.15, 0.2) is 0 Å². The van der Waals surface area contributed by atoms with E-state index >= 15 is 0 Å². The average Bonchev–Trinajstić information content (AvgIpc) is 2.42. The SMILES string of the molecule is C.C=C1NC(=O)C(Br)=CN1C(C)C.CC(C)n1ccc(=O)[nH]c1=O. The summed E-state index contributed by atoms with van der Waals surface area (Å²) in [5.74, 6) is 0.482. The van der Waals surface area contributed by atoms with Crippen molar-refractivity contribution in [3.05, 3.63) is 56.2 Å². The van der Waals surface area contributed by atoms with Crippen LogP contribution < -0.4 is 16.6 Å². The molecule has 24 heavy (non-hydrogen) atoms. The maximum Gasteiger partial charge on any atom is 0.328 e. The lowest BCUT2D eigenvalue weighted by molar-refractivity contribution is -0.117. The molecule has 7 nitrogen and oxygen atoms in total. The highest BCUT2D eigenvalue weighted by molar-refractivity contribution is 9.12. The van der Waals surface area contributed by atoms with E-state index < -0.39 is 0 Å². The van der Waals surface area contributed by atoms with Gasteiger partial charge in [-0.15, -0.1) is 0 Å². The second-order valence-electron chi connectivity index (χ2n) is 5.49. The molecule has 0 spiro atoms. The van der Waals surface area contributed by atoms with E-state index in [1.807, 2.05) is 32.6 Å². The molecule has 1 aliphatic heterocycles. The van der Waals surface area contributed by atoms with Gasteiger partial charge in [0.05, 0.1) is 4.48 Å². The van der Waals surface area contributed by atoms with E-state index in [1.54, 1.807) is 6.20 Å². The van der Waals surface area contributed by atoms with Crippen molar-refractivity contribution < 1.29 is 4.79 Å². The number of hydrogen-bond donors (Lipinski definition) is 2. The Labute approximate surface area is 150 Å². The molecule has 0 aliphatic carbocycles. The second-order valence-corrected chi connectivity index (χ2v) is 6.34. The quantitative estimate of drug-likeness (QED) is 0.796. The van der Waals surface area contributed by atoms with Gasteiger partial charge in [0.25, 0.3) is 11.5 Å². The Balaban J connectivity index is 0.000000425. The molecule has 134 valence electrons. The van der Waals surface area contributed by atoms with E-state index in [0.717, 1.165) is 0 Å². The monoisotopic (exact) mass is 400 g/mol. The van der Waals surface area contributed by atoms with Crippen molar-refractivity contribution in [1.82, 2.24) is 19.8 Å². The lowest BCUT2D eigenvalue weighted by Crippen LogP contribution is -2.39. The van der Waals surface area contributed by atoms with Gasteiger partial charge in [0, 0.05) is 30.5 Å². The van der Waals surface area contributed by atoms with Gasteiger partial charge in [0.1, 0.15) is 5.82 Å². The van der Waals surface area contributed by atoms with Crippen LogP contribution in [-0.4, -0.2) is 26.4 Å². The van der Waals surface area contributed by atoms with E-state index in [-0.39, 0.29) is 30.6 Å². The van der Waals surface area contributed by atoms with Crippen LogP contribution in [0.2, 0.25) is 0 Å². The molecule has 0 fully saturated rings. The Bertz CT molecular complexity index is 731. The molecule has 0 atom stereocenters. The third-order valence-electron chi connectivity index (χ3n) is 3.00. The minimum atomic E-state index is -0.355. The summed E-state index contributed by atoms with van der Waals surface area (Å²) in [6.07, 6.45) is 3.23. The molecule has 1 amide bonds. The predicted octanol–water partition coefficient (Wildman–Crippen LogP) is 2.29. The van der Waals surface area contributed by atoms with Gasteiger partial charge in [-0.05, 0) is 43.6 Å². The molecule has 1 aromatic rings. The van der Waals surface area contributed by atoms with Gasteiger partial charge in [-0.25, -0.2) is 4.79 Å². The van der Waals surface area contributed by atoms with Crippen LogP contribution in [0.3, 0.4) is 0 Å². The van der Waals surface area contributed by atoms with Crippen molar-refractivity contribution in [1.29, 1.82) is 0 Å². The molecule has 0 radical (unpaired) electrons. The first-order chi connectivity index (χ1) is 10.6. The zero-order valence-electron chi connectivity index (χ0n) is 13.6. The van der Waals surface area contributed by atoms with Gasteiger partial charge in [0.2, 0.25) is 0 Å². The zero-order chi connectivity index (χ0) is 17.7. The zero-order valence-corrected chi connectivity index (χ0v) is 15.2. The van der Waals surface area contributed by atoms with E-state index in [9.17, 15) is 14.4 Å². The molecule has 2 heterocycles. The number of rotatable bonds is 2. The molecule has 0 saturated heterocycles. The maximum atomic E-state index is 11.1. The van der Waals surface area contributed by atoms with Crippen molar-refractivity contribution in [2.75, 3.05) is 0 Å². The van der Waals surface area contributed by atoms with Gasteiger partial charge in [-0.1, -0.05) is 14.0 Å². The number of H-pyrrole nitrogens is 1. The first-order valence-corrected chi connectivity index (χ1v) is 7.90. The summed E-state index contributed by atoms with van der Waals surface area (Å²) in [5.41, 5.74) is -0.709. The summed E-state index contributed by atoms with van der Waals surface area (Å²) < 4.78 is 1.99. The van der Waals surface area contributed by atoms with Crippen molar-refractivity contribution >= 4 is 21.8 Å². The van der Waals surface area contributed by atoms with E-state index in [1.165, 1.54) is 16.8 Å². The summed E-state index contributed by atoms with van der Waals surface area (Å²) in [6, 6.07) is 1.71. The fourth-order valence-corrected chi connectivity index (χ4v) is 2.13. The van der Waals surface area contributed by atoms with Crippen molar-refractivity contribution in [2.24, 2.45) is 0 Å². The molecule has 2 N–H and O–H groups in total.